The van der Waals surface area contributed by atoms with E-state index < -0.39 is 5.97 Å². The van der Waals surface area contributed by atoms with Gasteiger partial charge in [-0.05, 0) is 37.0 Å². The Kier molecular flexibility index (Phi) is 5.07. The standard InChI is InChI=1S/C15H19ClN2O3/c1-10(19)17-9-11-4-6-18(7-5-11)14-8-12(16)2-3-13(14)15(20)21/h2-3,8,11H,4-7,9H2,1H3,(H,17,19)(H,20,21). The molecule has 0 saturated carbocycles. The first-order valence-corrected chi connectivity index (χ1v) is 7.37. The summed E-state index contributed by atoms with van der Waals surface area (Å²) in [5.74, 6) is -0.514. The minimum atomic E-state index is -0.943. The zero-order chi connectivity index (χ0) is 15.4. The van der Waals surface area contributed by atoms with Gasteiger partial charge in [-0.15, -0.1) is 0 Å². The Bertz CT molecular complexity index is 540. The van der Waals surface area contributed by atoms with Gasteiger partial charge < -0.3 is 15.3 Å². The zero-order valence-electron chi connectivity index (χ0n) is 11.9. The highest BCUT2D eigenvalue weighted by Crippen LogP contribution is 2.29. The number of aromatic carboxylic acids is 1. The normalized spacial score (nSPS) is 15.8. The molecule has 1 fully saturated rings. The maximum atomic E-state index is 11.3. The Morgan fingerprint density at radius 1 is 1.38 bits per heavy atom. The van der Waals surface area contributed by atoms with Gasteiger partial charge in [0, 0.05) is 31.6 Å². The number of piperidine rings is 1. The average molecular weight is 311 g/mol. The third kappa shape index (κ3) is 4.11. The Morgan fingerprint density at radius 3 is 2.62 bits per heavy atom. The van der Waals surface area contributed by atoms with Crippen molar-refractivity contribution in [1.29, 1.82) is 0 Å². The van der Waals surface area contributed by atoms with E-state index in [9.17, 15) is 14.7 Å². The van der Waals surface area contributed by atoms with Crippen LogP contribution in [0.25, 0.3) is 0 Å². The Balaban J connectivity index is 2.03. The second-order valence-corrected chi connectivity index (χ2v) is 5.77. The van der Waals surface area contributed by atoms with Crippen LogP contribution in [0.1, 0.15) is 30.1 Å². The summed E-state index contributed by atoms with van der Waals surface area (Å²) >= 11 is 5.99. The number of hydrogen-bond donors (Lipinski definition) is 2. The van der Waals surface area contributed by atoms with Crippen molar-refractivity contribution < 1.29 is 14.7 Å². The second kappa shape index (κ2) is 6.80. The van der Waals surface area contributed by atoms with E-state index in [2.05, 4.69) is 10.2 Å². The van der Waals surface area contributed by atoms with E-state index >= 15 is 0 Å². The molecular weight excluding hydrogens is 292 g/mol. The van der Waals surface area contributed by atoms with Gasteiger partial charge in [0.05, 0.1) is 11.3 Å². The first-order valence-electron chi connectivity index (χ1n) is 6.99. The number of halogens is 1. The molecule has 1 aliphatic rings. The van der Waals surface area contributed by atoms with E-state index in [0.29, 0.717) is 23.2 Å². The van der Waals surface area contributed by atoms with Gasteiger partial charge in [-0.25, -0.2) is 4.79 Å². The quantitative estimate of drug-likeness (QED) is 0.896. The minimum Gasteiger partial charge on any atom is -0.478 e. The van der Waals surface area contributed by atoms with E-state index in [1.165, 1.54) is 6.92 Å². The maximum absolute atomic E-state index is 11.3. The van der Waals surface area contributed by atoms with Crippen LogP contribution in [0.3, 0.4) is 0 Å². The van der Waals surface area contributed by atoms with Crippen LogP contribution in [0.2, 0.25) is 5.02 Å². The van der Waals surface area contributed by atoms with Crippen molar-refractivity contribution in [3.05, 3.63) is 28.8 Å². The lowest BCUT2D eigenvalue weighted by molar-refractivity contribution is -0.119. The smallest absolute Gasteiger partial charge is 0.337 e. The molecule has 0 bridgehead atoms. The van der Waals surface area contributed by atoms with Crippen LogP contribution >= 0.6 is 11.6 Å². The SMILES string of the molecule is CC(=O)NCC1CCN(c2cc(Cl)ccc2C(=O)O)CC1. The van der Waals surface area contributed by atoms with Gasteiger partial charge in [0.25, 0.3) is 0 Å². The monoisotopic (exact) mass is 310 g/mol. The van der Waals surface area contributed by atoms with Gasteiger partial charge in [0.2, 0.25) is 5.91 Å². The van der Waals surface area contributed by atoms with E-state index in [0.717, 1.165) is 25.9 Å². The molecule has 6 heteroatoms. The summed E-state index contributed by atoms with van der Waals surface area (Å²) in [5.41, 5.74) is 0.952. The highest BCUT2D eigenvalue weighted by Gasteiger charge is 2.23. The summed E-state index contributed by atoms with van der Waals surface area (Å²) in [6, 6.07) is 4.85. The summed E-state index contributed by atoms with van der Waals surface area (Å²) in [7, 11) is 0. The highest BCUT2D eigenvalue weighted by molar-refractivity contribution is 6.31. The fourth-order valence-electron chi connectivity index (χ4n) is 2.61. The molecule has 0 radical (unpaired) electrons. The molecular formula is C15H19ClN2O3. The number of carbonyl (C=O) groups is 2. The number of amides is 1. The first-order chi connectivity index (χ1) is 9.97. The van der Waals surface area contributed by atoms with Crippen molar-refractivity contribution in [2.75, 3.05) is 24.5 Å². The predicted molar refractivity (Wildman–Crippen MR) is 82.0 cm³/mol. The summed E-state index contributed by atoms with van der Waals surface area (Å²) in [6.45, 7) is 3.74. The number of nitrogens with one attached hydrogen (secondary N) is 1. The van der Waals surface area contributed by atoms with Gasteiger partial charge in [-0.3, -0.25) is 4.79 Å². The third-order valence-electron chi connectivity index (χ3n) is 3.79. The minimum absolute atomic E-state index is 0.0135. The number of nitrogens with zero attached hydrogens (tertiary/aromatic N) is 1. The summed E-state index contributed by atoms with van der Waals surface area (Å²) < 4.78 is 0. The molecule has 1 heterocycles. The topological polar surface area (TPSA) is 69.6 Å². The summed E-state index contributed by atoms with van der Waals surface area (Å²) in [4.78, 5) is 24.3. The van der Waals surface area contributed by atoms with E-state index in [-0.39, 0.29) is 11.5 Å². The van der Waals surface area contributed by atoms with Crippen LogP contribution in [-0.2, 0) is 4.79 Å². The molecule has 1 aliphatic heterocycles. The summed E-state index contributed by atoms with van der Waals surface area (Å²) in [5, 5.41) is 12.6. The third-order valence-corrected chi connectivity index (χ3v) is 4.02. The molecule has 1 saturated heterocycles. The Labute approximate surface area is 128 Å². The lowest BCUT2D eigenvalue weighted by atomic mass is 9.96. The molecule has 0 aromatic heterocycles. The summed E-state index contributed by atoms with van der Waals surface area (Å²) in [6.07, 6.45) is 1.84. The van der Waals surface area contributed by atoms with Crippen LogP contribution in [0.4, 0.5) is 5.69 Å². The number of anilines is 1. The fourth-order valence-corrected chi connectivity index (χ4v) is 2.78. The Morgan fingerprint density at radius 2 is 2.05 bits per heavy atom. The van der Waals surface area contributed by atoms with Gasteiger partial charge in [0.1, 0.15) is 0 Å². The molecule has 0 aliphatic carbocycles. The Hall–Kier alpha value is -1.75. The van der Waals surface area contributed by atoms with Gasteiger partial charge in [-0.2, -0.15) is 0 Å². The van der Waals surface area contributed by atoms with Crippen LogP contribution in [0.5, 0.6) is 0 Å². The molecule has 114 valence electrons. The van der Waals surface area contributed by atoms with Crippen LogP contribution < -0.4 is 10.2 Å². The lowest BCUT2D eigenvalue weighted by Crippen LogP contribution is -2.38. The second-order valence-electron chi connectivity index (χ2n) is 5.33. The molecule has 1 aromatic rings. The molecule has 2 N–H and O–H groups in total. The number of carboxylic acid groups (broad SMARTS) is 1. The van der Waals surface area contributed by atoms with Crippen LogP contribution in [-0.4, -0.2) is 36.6 Å². The molecule has 2 rings (SSSR count). The van der Waals surface area contributed by atoms with Gasteiger partial charge in [-0.1, -0.05) is 11.6 Å². The van der Waals surface area contributed by atoms with Crippen molar-refractivity contribution in [1.82, 2.24) is 5.32 Å². The molecule has 0 spiro atoms. The van der Waals surface area contributed by atoms with E-state index in [1.807, 2.05) is 0 Å². The largest absolute Gasteiger partial charge is 0.478 e. The zero-order valence-corrected chi connectivity index (χ0v) is 12.7. The van der Waals surface area contributed by atoms with Crippen LogP contribution in [0, 0.1) is 5.92 Å². The van der Waals surface area contributed by atoms with E-state index in [1.54, 1.807) is 18.2 Å². The van der Waals surface area contributed by atoms with Gasteiger partial charge in [0.15, 0.2) is 0 Å². The van der Waals surface area contributed by atoms with Crippen molar-refractivity contribution in [2.45, 2.75) is 19.8 Å². The molecule has 0 atom stereocenters. The first kappa shape index (κ1) is 15.6. The predicted octanol–water partition coefficient (Wildman–Crippen LogP) is 2.39. The fraction of sp³-hybridized carbons (Fsp3) is 0.467. The maximum Gasteiger partial charge on any atom is 0.337 e. The number of carboxylic acids is 1. The van der Waals surface area contributed by atoms with Crippen molar-refractivity contribution in [3.63, 3.8) is 0 Å². The number of rotatable bonds is 4. The lowest BCUT2D eigenvalue weighted by Gasteiger charge is -2.34. The van der Waals surface area contributed by atoms with Gasteiger partial charge >= 0.3 is 5.97 Å². The number of benzene rings is 1. The number of hydrogen-bond acceptors (Lipinski definition) is 3. The average Bonchev–Trinajstić information content (AvgIpc) is 2.45. The number of carbonyl (C=O) groups excluding carboxylic acids is 1. The molecule has 1 aromatic carbocycles. The van der Waals surface area contributed by atoms with Crippen LogP contribution in [0.15, 0.2) is 18.2 Å². The molecule has 21 heavy (non-hydrogen) atoms. The van der Waals surface area contributed by atoms with Crippen molar-refractivity contribution in [2.24, 2.45) is 5.92 Å². The molecule has 0 unspecified atom stereocenters. The van der Waals surface area contributed by atoms with Crippen molar-refractivity contribution in [3.8, 4) is 0 Å². The highest BCUT2D eigenvalue weighted by atomic mass is 35.5. The van der Waals surface area contributed by atoms with Crippen molar-refractivity contribution >= 4 is 29.2 Å². The molecule has 5 nitrogen and oxygen atoms in total. The molecule has 1 amide bonds. The van der Waals surface area contributed by atoms with E-state index in [4.69, 9.17) is 11.6 Å².